The van der Waals surface area contributed by atoms with Crippen LogP contribution in [0.1, 0.15) is 81.9 Å². The first-order chi connectivity index (χ1) is 26.9. The molecule has 15 heteroatoms. The molecule has 14 nitrogen and oxygen atoms in total. The molecule has 0 aliphatic carbocycles. The number of pyridine rings is 1. The highest BCUT2D eigenvalue weighted by atomic mass is 35.5. The van der Waals surface area contributed by atoms with E-state index in [4.69, 9.17) is 50.4 Å². The van der Waals surface area contributed by atoms with Crippen LogP contribution in [0, 0.1) is 0 Å². The number of ether oxygens (including phenoxy) is 5. The van der Waals surface area contributed by atoms with Crippen LogP contribution in [-0.2, 0) is 17.8 Å². The summed E-state index contributed by atoms with van der Waals surface area (Å²) in [5, 5.41) is 16.7. The van der Waals surface area contributed by atoms with Crippen molar-refractivity contribution in [1.29, 1.82) is 0 Å². The van der Waals surface area contributed by atoms with Crippen molar-refractivity contribution in [2.75, 3.05) is 38.8 Å². The van der Waals surface area contributed by atoms with Gasteiger partial charge < -0.3 is 38.6 Å². The summed E-state index contributed by atoms with van der Waals surface area (Å²) in [6.07, 6.45) is 4.33. The zero-order valence-electron chi connectivity index (χ0n) is 32.8. The minimum Gasteiger partial charge on any atom is -0.497 e. The Labute approximate surface area is 332 Å². The number of aliphatic hydroxyl groups is 1. The molecule has 4 heterocycles. The van der Waals surface area contributed by atoms with E-state index in [2.05, 4.69) is 16.8 Å². The van der Waals surface area contributed by atoms with Gasteiger partial charge in [-0.2, -0.15) is 4.98 Å². The SMILES string of the molecule is CCCCOc1nc(N(Cc2ccc(OC)cc2)Cc2ccc(OC)cc2)c2ncc(C(O)c3cnc(OC4CCN(C(=O)OC(C)(C)C)CC4)c(Cl)c3)n2n1. The lowest BCUT2D eigenvalue weighted by Crippen LogP contribution is -2.44. The van der Waals surface area contributed by atoms with Crippen LogP contribution < -0.4 is 23.8 Å². The van der Waals surface area contributed by atoms with Crippen LogP contribution in [0.15, 0.2) is 67.0 Å². The highest BCUT2D eigenvalue weighted by molar-refractivity contribution is 6.31. The average Bonchev–Trinajstić information content (AvgIpc) is 3.62. The quantitative estimate of drug-likeness (QED) is 0.105. The standard InChI is InChI=1S/C41H50ClN7O7/c1-7-8-21-54-39-45-37(48(25-27-9-13-30(52-5)14-10-27)26-28-11-15-31(53-6)16-12-28)36-43-24-34(49(36)46-39)35(50)29-22-33(42)38(44-23-29)55-32-17-19-47(20-18-32)40(51)56-41(2,3)4/h9-16,22-24,32,35,50H,7-8,17-21,25-26H2,1-6H3. The van der Waals surface area contributed by atoms with E-state index in [0.29, 0.717) is 68.3 Å². The number of carbonyl (C=O) groups excluding carboxylic acids is 1. The predicted octanol–water partition coefficient (Wildman–Crippen LogP) is 7.44. The maximum atomic E-state index is 12.5. The number of amides is 1. The number of piperidine rings is 1. The largest absolute Gasteiger partial charge is 0.497 e. The molecule has 1 amide bonds. The molecule has 6 rings (SSSR count). The number of imidazole rings is 1. The van der Waals surface area contributed by atoms with E-state index in [1.165, 1.54) is 6.20 Å². The third-order valence-corrected chi connectivity index (χ3v) is 9.51. The second-order valence-corrected chi connectivity index (χ2v) is 15.0. The molecular formula is C41H50ClN7O7. The maximum Gasteiger partial charge on any atom is 0.410 e. The number of halogens is 1. The van der Waals surface area contributed by atoms with E-state index in [9.17, 15) is 9.90 Å². The minimum atomic E-state index is -1.20. The number of carbonyl (C=O) groups is 1. The lowest BCUT2D eigenvalue weighted by Gasteiger charge is -2.33. The molecule has 1 aliphatic heterocycles. The summed E-state index contributed by atoms with van der Waals surface area (Å²) in [7, 11) is 3.28. The molecule has 3 aromatic heterocycles. The number of unbranched alkanes of at least 4 members (excludes halogenated alkanes) is 1. The van der Waals surface area contributed by atoms with Crippen molar-refractivity contribution in [1.82, 2.24) is 29.5 Å². The van der Waals surface area contributed by atoms with Gasteiger partial charge in [0.2, 0.25) is 5.88 Å². The monoisotopic (exact) mass is 787 g/mol. The van der Waals surface area contributed by atoms with Crippen molar-refractivity contribution in [3.63, 3.8) is 0 Å². The van der Waals surface area contributed by atoms with Crippen molar-refractivity contribution in [2.24, 2.45) is 0 Å². The van der Waals surface area contributed by atoms with Gasteiger partial charge in [-0.1, -0.05) is 49.2 Å². The molecule has 1 unspecified atom stereocenters. The van der Waals surface area contributed by atoms with Crippen LogP contribution in [0.4, 0.5) is 10.6 Å². The number of likely N-dealkylation sites (tertiary alicyclic amines) is 1. The highest BCUT2D eigenvalue weighted by Gasteiger charge is 2.29. The number of rotatable bonds is 15. The van der Waals surface area contributed by atoms with Gasteiger partial charge in [-0.3, -0.25) is 0 Å². The summed E-state index contributed by atoms with van der Waals surface area (Å²) in [5.41, 5.74) is 2.71. The Morgan fingerprint density at radius 2 is 1.59 bits per heavy atom. The Bertz CT molecular complexity index is 2010. The molecule has 0 spiro atoms. The number of hydrogen-bond acceptors (Lipinski definition) is 12. The predicted molar refractivity (Wildman–Crippen MR) is 212 cm³/mol. The topological polar surface area (TPSA) is 146 Å². The Morgan fingerprint density at radius 1 is 0.964 bits per heavy atom. The average molecular weight is 788 g/mol. The number of hydrogen-bond donors (Lipinski definition) is 1. The number of methoxy groups -OCH3 is 2. The van der Waals surface area contributed by atoms with Crippen LogP contribution in [0.3, 0.4) is 0 Å². The molecule has 0 saturated carbocycles. The number of fused-ring (bicyclic) bond motifs is 1. The van der Waals surface area contributed by atoms with Gasteiger partial charge in [0.05, 0.1) is 32.7 Å². The zero-order chi connectivity index (χ0) is 39.8. The van der Waals surface area contributed by atoms with Crippen molar-refractivity contribution < 1.29 is 33.6 Å². The van der Waals surface area contributed by atoms with Crippen LogP contribution >= 0.6 is 11.6 Å². The fourth-order valence-corrected chi connectivity index (χ4v) is 6.45. The molecule has 1 atom stereocenters. The van der Waals surface area contributed by atoms with Gasteiger partial charge in [0.25, 0.3) is 0 Å². The molecule has 0 radical (unpaired) electrons. The first kappa shape index (κ1) is 40.3. The Morgan fingerprint density at radius 3 is 2.14 bits per heavy atom. The van der Waals surface area contributed by atoms with Gasteiger partial charge in [-0.05, 0) is 68.7 Å². The van der Waals surface area contributed by atoms with Gasteiger partial charge >= 0.3 is 12.1 Å². The van der Waals surface area contributed by atoms with Crippen LogP contribution in [0.25, 0.3) is 5.65 Å². The highest BCUT2D eigenvalue weighted by Crippen LogP contribution is 2.33. The van der Waals surface area contributed by atoms with Crippen LogP contribution in [0.2, 0.25) is 5.02 Å². The third kappa shape index (κ3) is 10.1. The first-order valence-corrected chi connectivity index (χ1v) is 19.2. The second-order valence-electron chi connectivity index (χ2n) is 14.6. The normalized spacial score (nSPS) is 14.0. The molecule has 56 heavy (non-hydrogen) atoms. The number of aliphatic hydroxyl groups excluding tert-OH is 1. The molecule has 5 aromatic rings. The number of benzene rings is 2. The molecule has 1 fully saturated rings. The fraction of sp³-hybridized carbons (Fsp3) is 0.439. The first-order valence-electron chi connectivity index (χ1n) is 18.8. The molecule has 1 saturated heterocycles. The van der Waals surface area contributed by atoms with Gasteiger partial charge in [-0.25, -0.2) is 19.3 Å². The minimum absolute atomic E-state index is 0.152. The number of nitrogens with zero attached hydrogens (tertiary/aromatic N) is 7. The maximum absolute atomic E-state index is 12.5. The van der Waals surface area contributed by atoms with Crippen molar-refractivity contribution in [2.45, 2.75) is 84.3 Å². The van der Waals surface area contributed by atoms with Gasteiger partial charge in [0, 0.05) is 50.8 Å². The summed E-state index contributed by atoms with van der Waals surface area (Å²) in [4.78, 5) is 30.4. The van der Waals surface area contributed by atoms with Crippen molar-refractivity contribution >= 4 is 29.2 Å². The smallest absolute Gasteiger partial charge is 0.410 e. The van der Waals surface area contributed by atoms with Crippen molar-refractivity contribution in [3.8, 4) is 23.4 Å². The summed E-state index contributed by atoms with van der Waals surface area (Å²) in [5.74, 6) is 2.29. The Balaban J connectivity index is 1.27. The van der Waals surface area contributed by atoms with E-state index in [-0.39, 0.29) is 29.1 Å². The summed E-state index contributed by atoms with van der Waals surface area (Å²) in [6, 6.07) is 17.5. The molecule has 0 bridgehead atoms. The number of aromatic nitrogens is 5. The van der Waals surface area contributed by atoms with Gasteiger partial charge in [0.1, 0.15) is 34.3 Å². The van der Waals surface area contributed by atoms with Crippen LogP contribution in [0.5, 0.6) is 23.4 Å². The van der Waals surface area contributed by atoms with Gasteiger partial charge in [0.15, 0.2) is 11.5 Å². The van der Waals surface area contributed by atoms with E-state index in [0.717, 1.165) is 35.5 Å². The second kappa shape index (κ2) is 18.1. The van der Waals surface area contributed by atoms with E-state index < -0.39 is 11.7 Å². The lowest BCUT2D eigenvalue weighted by molar-refractivity contribution is 0.0123. The number of anilines is 1. The molecule has 1 N–H and O–H groups in total. The van der Waals surface area contributed by atoms with Crippen LogP contribution in [-0.4, -0.2) is 86.3 Å². The summed E-state index contributed by atoms with van der Waals surface area (Å²) < 4.78 is 30.1. The van der Waals surface area contributed by atoms with E-state index >= 15 is 0 Å². The van der Waals surface area contributed by atoms with E-state index in [1.807, 2.05) is 69.3 Å². The third-order valence-electron chi connectivity index (χ3n) is 9.24. The van der Waals surface area contributed by atoms with Gasteiger partial charge in [-0.15, -0.1) is 5.10 Å². The molecular weight excluding hydrogens is 738 g/mol. The van der Waals surface area contributed by atoms with Crippen molar-refractivity contribution in [3.05, 3.63) is 94.4 Å². The Kier molecular flexibility index (Phi) is 13.0. The molecule has 298 valence electrons. The fourth-order valence-electron chi connectivity index (χ4n) is 6.23. The Hall–Kier alpha value is -5.34. The van der Waals surface area contributed by atoms with E-state index in [1.54, 1.807) is 35.9 Å². The zero-order valence-corrected chi connectivity index (χ0v) is 33.5. The summed E-state index contributed by atoms with van der Waals surface area (Å²) in [6.45, 7) is 9.98. The lowest BCUT2D eigenvalue weighted by atomic mass is 10.1. The molecule has 2 aromatic carbocycles. The molecule has 1 aliphatic rings. The summed E-state index contributed by atoms with van der Waals surface area (Å²) >= 11 is 6.71.